The number of rotatable bonds is 2. The summed E-state index contributed by atoms with van der Waals surface area (Å²) in [5, 5.41) is 2.10. The summed E-state index contributed by atoms with van der Waals surface area (Å²) in [6.45, 7) is 6.05. The molecule has 0 N–H and O–H groups in total. The summed E-state index contributed by atoms with van der Waals surface area (Å²) in [5.74, 6) is 1.27. The smallest absolute Gasteiger partial charge is 0.254 e. The molecule has 0 bridgehead atoms. The molecule has 0 saturated carbocycles. The van der Waals surface area contributed by atoms with Crippen LogP contribution in [-0.4, -0.2) is 54.2 Å². The van der Waals surface area contributed by atoms with Crippen molar-refractivity contribution in [1.82, 2.24) is 9.88 Å². The van der Waals surface area contributed by atoms with Crippen LogP contribution in [0.5, 0.6) is 0 Å². The summed E-state index contributed by atoms with van der Waals surface area (Å²) >= 11 is 1.78. The molecule has 2 fully saturated rings. The van der Waals surface area contributed by atoms with E-state index in [9.17, 15) is 4.79 Å². The first-order valence-corrected chi connectivity index (χ1v) is 11.7. The van der Waals surface area contributed by atoms with Crippen LogP contribution in [-0.2, 0) is 17.6 Å². The number of likely N-dealkylation sites (tertiary alicyclic amines) is 1. The number of thiophene rings is 1. The zero-order chi connectivity index (χ0) is 19.8. The molecule has 0 radical (unpaired) electrons. The lowest BCUT2D eigenvalue weighted by atomic mass is 9.88. The van der Waals surface area contributed by atoms with E-state index in [1.165, 1.54) is 23.3 Å². The SMILES string of the molecule is Cc1cccc(N2CCOC3(CCN(C(=O)c4csc5c4CCCC5)CC3)C2)n1. The highest BCUT2D eigenvalue weighted by Crippen LogP contribution is 2.35. The monoisotopic (exact) mass is 411 g/mol. The number of fused-ring (bicyclic) bond motifs is 1. The Morgan fingerprint density at radius 1 is 1.17 bits per heavy atom. The molecule has 0 atom stereocenters. The maximum Gasteiger partial charge on any atom is 0.254 e. The van der Waals surface area contributed by atoms with Crippen LogP contribution in [0, 0.1) is 6.92 Å². The van der Waals surface area contributed by atoms with Gasteiger partial charge in [-0.15, -0.1) is 11.3 Å². The first-order valence-electron chi connectivity index (χ1n) is 10.8. The van der Waals surface area contributed by atoms with Crippen molar-refractivity contribution < 1.29 is 9.53 Å². The molecule has 2 aromatic heterocycles. The number of morpholine rings is 1. The van der Waals surface area contributed by atoms with Gasteiger partial charge in [0.15, 0.2) is 0 Å². The molecule has 6 heteroatoms. The number of piperidine rings is 1. The molecule has 2 saturated heterocycles. The fourth-order valence-electron chi connectivity index (χ4n) is 5.01. The minimum Gasteiger partial charge on any atom is -0.371 e. The first-order chi connectivity index (χ1) is 14.1. The minimum absolute atomic E-state index is 0.158. The van der Waals surface area contributed by atoms with Crippen LogP contribution >= 0.6 is 11.3 Å². The average Bonchev–Trinajstić information content (AvgIpc) is 3.18. The molecule has 1 amide bonds. The van der Waals surface area contributed by atoms with Gasteiger partial charge < -0.3 is 14.5 Å². The molecule has 0 aromatic carbocycles. The predicted molar refractivity (Wildman–Crippen MR) is 116 cm³/mol. The quantitative estimate of drug-likeness (QED) is 0.753. The van der Waals surface area contributed by atoms with E-state index in [2.05, 4.69) is 27.3 Å². The highest BCUT2D eigenvalue weighted by atomic mass is 32.1. The number of anilines is 1. The highest BCUT2D eigenvalue weighted by molar-refractivity contribution is 7.10. The van der Waals surface area contributed by atoms with Gasteiger partial charge in [-0.05, 0) is 63.1 Å². The van der Waals surface area contributed by atoms with E-state index in [4.69, 9.17) is 9.72 Å². The number of hydrogen-bond donors (Lipinski definition) is 0. The lowest BCUT2D eigenvalue weighted by Crippen LogP contribution is -2.57. The second-order valence-electron chi connectivity index (χ2n) is 8.64. The molecule has 5 nitrogen and oxygen atoms in total. The summed E-state index contributed by atoms with van der Waals surface area (Å²) in [7, 11) is 0. The number of carbonyl (C=O) groups excluding carboxylic acids is 1. The van der Waals surface area contributed by atoms with Crippen LogP contribution in [0.15, 0.2) is 23.6 Å². The van der Waals surface area contributed by atoms with Gasteiger partial charge in [-0.3, -0.25) is 4.79 Å². The van der Waals surface area contributed by atoms with Crippen LogP contribution in [0.3, 0.4) is 0 Å². The zero-order valence-corrected chi connectivity index (χ0v) is 18.0. The Labute approximate surface area is 176 Å². The van der Waals surface area contributed by atoms with Gasteiger partial charge in [-0.25, -0.2) is 4.98 Å². The molecule has 5 rings (SSSR count). The summed E-state index contributed by atoms with van der Waals surface area (Å²) in [6, 6.07) is 6.19. The van der Waals surface area contributed by atoms with Crippen molar-refractivity contribution >= 4 is 23.1 Å². The van der Waals surface area contributed by atoms with Crippen molar-refractivity contribution in [2.24, 2.45) is 0 Å². The maximum atomic E-state index is 13.2. The number of nitrogens with zero attached hydrogens (tertiary/aromatic N) is 3. The fourth-order valence-corrected chi connectivity index (χ4v) is 6.13. The summed E-state index contributed by atoms with van der Waals surface area (Å²) in [6.07, 6.45) is 6.48. The van der Waals surface area contributed by atoms with Gasteiger partial charge in [0, 0.05) is 42.1 Å². The second-order valence-corrected chi connectivity index (χ2v) is 9.60. The summed E-state index contributed by atoms with van der Waals surface area (Å²) in [5.41, 5.74) is 3.18. The van der Waals surface area contributed by atoms with Gasteiger partial charge in [0.1, 0.15) is 5.82 Å². The molecule has 154 valence electrons. The number of amides is 1. The maximum absolute atomic E-state index is 13.2. The van der Waals surface area contributed by atoms with Crippen LogP contribution in [0.1, 0.15) is 52.2 Å². The summed E-state index contributed by atoms with van der Waals surface area (Å²) in [4.78, 5) is 23.7. The van der Waals surface area contributed by atoms with Crippen LogP contribution in [0.25, 0.3) is 0 Å². The van der Waals surface area contributed by atoms with E-state index >= 15 is 0 Å². The van der Waals surface area contributed by atoms with Gasteiger partial charge in [0.05, 0.1) is 17.8 Å². The van der Waals surface area contributed by atoms with Crippen molar-refractivity contribution in [3.63, 3.8) is 0 Å². The van der Waals surface area contributed by atoms with Gasteiger partial charge in [-0.2, -0.15) is 0 Å². The Hall–Kier alpha value is -1.92. The Morgan fingerprint density at radius 3 is 2.83 bits per heavy atom. The van der Waals surface area contributed by atoms with E-state index in [1.807, 2.05) is 13.0 Å². The first kappa shape index (κ1) is 19.1. The molecular weight excluding hydrogens is 382 g/mol. The number of pyridine rings is 1. The van der Waals surface area contributed by atoms with Gasteiger partial charge in [-0.1, -0.05) is 6.07 Å². The number of carbonyl (C=O) groups is 1. The predicted octanol–water partition coefficient (Wildman–Crippen LogP) is 3.84. The average molecular weight is 412 g/mol. The van der Waals surface area contributed by atoms with Crippen LogP contribution < -0.4 is 4.90 Å². The minimum atomic E-state index is -0.158. The Kier molecular flexibility index (Phi) is 5.08. The third-order valence-corrected chi connectivity index (χ3v) is 7.79. The molecule has 1 aliphatic carbocycles. The lowest BCUT2D eigenvalue weighted by Gasteiger charge is -2.47. The van der Waals surface area contributed by atoms with E-state index in [-0.39, 0.29) is 11.5 Å². The van der Waals surface area contributed by atoms with Crippen molar-refractivity contribution in [3.05, 3.63) is 45.3 Å². The molecule has 29 heavy (non-hydrogen) atoms. The Morgan fingerprint density at radius 2 is 2.00 bits per heavy atom. The van der Waals surface area contributed by atoms with Crippen LogP contribution in [0.2, 0.25) is 0 Å². The normalized spacial score (nSPS) is 21.3. The van der Waals surface area contributed by atoms with Crippen molar-refractivity contribution in [2.75, 3.05) is 37.7 Å². The number of ether oxygens (including phenoxy) is 1. The Balaban J connectivity index is 1.26. The van der Waals surface area contributed by atoms with E-state index in [0.717, 1.165) is 75.5 Å². The number of aromatic nitrogens is 1. The third-order valence-electron chi connectivity index (χ3n) is 6.70. The second kappa shape index (κ2) is 7.73. The van der Waals surface area contributed by atoms with Crippen molar-refractivity contribution in [3.8, 4) is 0 Å². The molecule has 2 aromatic rings. The van der Waals surface area contributed by atoms with Gasteiger partial charge >= 0.3 is 0 Å². The van der Waals surface area contributed by atoms with Gasteiger partial charge in [0.2, 0.25) is 0 Å². The van der Waals surface area contributed by atoms with Gasteiger partial charge in [0.25, 0.3) is 5.91 Å². The molecule has 3 aliphatic rings. The standard InChI is InChI=1S/C23H29N3O2S/c1-17-5-4-8-21(24-17)26-13-14-28-23(16-26)9-11-25(12-10-23)22(27)19-15-29-20-7-3-2-6-18(19)20/h4-5,8,15H,2-3,6-7,9-14,16H2,1H3. The molecule has 1 spiro atoms. The molecular formula is C23H29N3O2S. The largest absolute Gasteiger partial charge is 0.371 e. The van der Waals surface area contributed by atoms with Crippen LogP contribution in [0.4, 0.5) is 5.82 Å². The van der Waals surface area contributed by atoms with E-state index in [1.54, 1.807) is 11.3 Å². The van der Waals surface area contributed by atoms with Crippen molar-refractivity contribution in [2.45, 2.75) is 51.0 Å². The molecule has 0 unspecified atom stereocenters. The number of aryl methyl sites for hydroxylation is 2. The highest BCUT2D eigenvalue weighted by Gasteiger charge is 2.41. The van der Waals surface area contributed by atoms with E-state index < -0.39 is 0 Å². The Bertz CT molecular complexity index is 901. The van der Waals surface area contributed by atoms with E-state index in [0.29, 0.717) is 0 Å². The topological polar surface area (TPSA) is 45.7 Å². The lowest BCUT2D eigenvalue weighted by molar-refractivity contribution is -0.0870. The number of hydrogen-bond acceptors (Lipinski definition) is 5. The summed E-state index contributed by atoms with van der Waals surface area (Å²) < 4.78 is 6.29. The van der Waals surface area contributed by atoms with Crippen molar-refractivity contribution in [1.29, 1.82) is 0 Å². The fraction of sp³-hybridized carbons (Fsp3) is 0.565. The molecule has 2 aliphatic heterocycles. The third kappa shape index (κ3) is 3.68. The molecule has 4 heterocycles. The zero-order valence-electron chi connectivity index (χ0n) is 17.2.